The highest BCUT2D eigenvalue weighted by atomic mass is 32.2. The van der Waals surface area contributed by atoms with Crippen molar-refractivity contribution in [3.8, 4) is 0 Å². The Morgan fingerprint density at radius 3 is 2.54 bits per heavy atom. The Balaban J connectivity index is 1.76. The first kappa shape index (κ1) is 19.6. The highest BCUT2D eigenvalue weighted by Gasteiger charge is 2.08. The molecule has 0 aromatic heterocycles. The number of benzene rings is 2. The summed E-state index contributed by atoms with van der Waals surface area (Å²) in [6.07, 6.45) is 1.81. The lowest BCUT2D eigenvalue weighted by Gasteiger charge is -2.11. The van der Waals surface area contributed by atoms with Crippen LogP contribution in [0.1, 0.15) is 11.1 Å². The molecule has 3 amide bonds. The molecule has 3 N–H and O–H groups in total. The largest absolute Gasteiger partial charge is 0.334 e. The Hall–Kier alpha value is -2.73. The summed E-state index contributed by atoms with van der Waals surface area (Å²) in [5, 5.41) is 8.11. The van der Waals surface area contributed by atoms with E-state index in [0.29, 0.717) is 6.54 Å². The lowest BCUT2D eigenvalue weighted by Crippen LogP contribution is -2.39. The molecule has 26 heavy (non-hydrogen) atoms. The molecule has 0 unspecified atom stereocenters. The average Bonchev–Trinajstić information content (AvgIpc) is 2.65. The predicted octanol–water partition coefficient (Wildman–Crippen LogP) is 3.71. The minimum Gasteiger partial charge on any atom is -0.334 e. The van der Waals surface area contributed by atoms with E-state index in [4.69, 9.17) is 0 Å². The fourth-order valence-corrected chi connectivity index (χ4v) is 2.90. The van der Waals surface area contributed by atoms with Crippen LogP contribution in [0.15, 0.2) is 66.1 Å². The molecule has 5 nitrogen and oxygen atoms in total. The number of nitrogens with one attached hydrogen (secondary N) is 3. The number of amides is 3. The third-order valence-electron chi connectivity index (χ3n) is 3.50. The van der Waals surface area contributed by atoms with E-state index in [1.54, 1.807) is 11.8 Å². The molecule has 2 rings (SSSR count). The van der Waals surface area contributed by atoms with Crippen LogP contribution in [0.4, 0.5) is 10.5 Å². The molecule has 0 saturated heterocycles. The van der Waals surface area contributed by atoms with Crippen molar-refractivity contribution in [1.29, 1.82) is 0 Å². The molecule has 6 heteroatoms. The van der Waals surface area contributed by atoms with Crippen LogP contribution in [-0.4, -0.2) is 24.2 Å². The van der Waals surface area contributed by atoms with Gasteiger partial charge in [0.1, 0.15) is 0 Å². The van der Waals surface area contributed by atoms with Crippen LogP contribution >= 0.6 is 11.8 Å². The lowest BCUT2D eigenvalue weighted by atomic mass is 10.1. The van der Waals surface area contributed by atoms with Crippen molar-refractivity contribution in [2.75, 3.05) is 17.6 Å². The molecule has 0 fully saturated rings. The second-order valence-electron chi connectivity index (χ2n) is 5.67. The molecule has 2 aromatic carbocycles. The number of para-hydroxylation sites is 1. The number of carbonyl (C=O) groups excluding carboxylic acids is 2. The molecule has 0 bridgehead atoms. The Morgan fingerprint density at radius 1 is 1.08 bits per heavy atom. The van der Waals surface area contributed by atoms with Crippen molar-refractivity contribution in [3.05, 3.63) is 72.3 Å². The van der Waals surface area contributed by atoms with Gasteiger partial charge in [0.15, 0.2) is 0 Å². The van der Waals surface area contributed by atoms with Gasteiger partial charge in [0.05, 0.1) is 12.2 Å². The van der Waals surface area contributed by atoms with Crippen LogP contribution in [0, 0.1) is 6.92 Å². The zero-order valence-electron chi connectivity index (χ0n) is 14.7. The van der Waals surface area contributed by atoms with E-state index in [1.807, 2.05) is 61.5 Å². The van der Waals surface area contributed by atoms with E-state index in [2.05, 4.69) is 22.5 Å². The molecule has 0 aliphatic heterocycles. The van der Waals surface area contributed by atoms with Gasteiger partial charge in [-0.2, -0.15) is 0 Å². The maximum Gasteiger partial charge on any atom is 0.315 e. The van der Waals surface area contributed by atoms with Crippen molar-refractivity contribution in [2.45, 2.75) is 18.4 Å². The van der Waals surface area contributed by atoms with E-state index >= 15 is 0 Å². The fraction of sp³-hybridized carbons (Fsp3) is 0.200. The monoisotopic (exact) mass is 369 g/mol. The van der Waals surface area contributed by atoms with E-state index in [-0.39, 0.29) is 18.5 Å². The highest BCUT2D eigenvalue weighted by molar-refractivity contribution is 7.99. The van der Waals surface area contributed by atoms with Gasteiger partial charge < -0.3 is 16.0 Å². The molecule has 136 valence electrons. The number of hydrogen-bond donors (Lipinski definition) is 3. The summed E-state index contributed by atoms with van der Waals surface area (Å²) < 4.78 is 0. The third-order valence-corrected chi connectivity index (χ3v) is 4.57. The molecule has 0 aliphatic carbocycles. The van der Waals surface area contributed by atoms with Crippen LogP contribution < -0.4 is 16.0 Å². The van der Waals surface area contributed by atoms with E-state index in [1.165, 1.54) is 5.56 Å². The van der Waals surface area contributed by atoms with Gasteiger partial charge in [-0.25, -0.2) is 4.79 Å². The maximum absolute atomic E-state index is 12.1. The second-order valence-corrected chi connectivity index (χ2v) is 6.73. The number of aryl methyl sites for hydroxylation is 1. The minimum absolute atomic E-state index is 0.0970. The number of hydrogen-bond acceptors (Lipinski definition) is 3. The number of urea groups is 1. The Kier molecular flexibility index (Phi) is 7.76. The molecule has 0 saturated carbocycles. The summed E-state index contributed by atoms with van der Waals surface area (Å²) in [4.78, 5) is 24.9. The first-order chi connectivity index (χ1) is 12.6. The van der Waals surface area contributed by atoms with Crippen molar-refractivity contribution in [1.82, 2.24) is 10.6 Å². The van der Waals surface area contributed by atoms with Gasteiger partial charge in [0, 0.05) is 17.2 Å². The maximum atomic E-state index is 12.1. The SMILES string of the molecule is C=CCSc1ccccc1NC(=O)CNC(=O)NCc1ccc(C)cc1. The molecular formula is C20H23N3O2S. The fourth-order valence-electron chi connectivity index (χ4n) is 2.15. The van der Waals surface area contributed by atoms with Gasteiger partial charge in [0.25, 0.3) is 0 Å². The summed E-state index contributed by atoms with van der Waals surface area (Å²) >= 11 is 1.59. The van der Waals surface area contributed by atoms with Gasteiger partial charge in [-0.1, -0.05) is 48.0 Å². The van der Waals surface area contributed by atoms with E-state index < -0.39 is 0 Å². The Bertz CT molecular complexity index is 760. The first-order valence-corrected chi connectivity index (χ1v) is 9.27. The molecule has 0 atom stereocenters. The number of carbonyl (C=O) groups is 2. The predicted molar refractivity (Wildman–Crippen MR) is 107 cm³/mol. The zero-order chi connectivity index (χ0) is 18.8. The normalized spacial score (nSPS) is 10.0. The van der Waals surface area contributed by atoms with Gasteiger partial charge >= 0.3 is 6.03 Å². The standard InChI is InChI=1S/C20H23N3O2S/c1-3-12-26-18-7-5-4-6-17(18)23-19(24)14-22-20(25)21-13-16-10-8-15(2)9-11-16/h3-11H,1,12-14H2,2H3,(H,23,24)(H2,21,22,25). The van der Waals surface area contributed by atoms with Crippen LogP contribution in [0.5, 0.6) is 0 Å². The molecule has 0 spiro atoms. The number of thioether (sulfide) groups is 1. The topological polar surface area (TPSA) is 70.2 Å². The summed E-state index contributed by atoms with van der Waals surface area (Å²) in [5.41, 5.74) is 2.90. The van der Waals surface area contributed by atoms with Crippen molar-refractivity contribution in [3.63, 3.8) is 0 Å². The molecule has 0 radical (unpaired) electrons. The van der Waals surface area contributed by atoms with E-state index in [0.717, 1.165) is 21.9 Å². The third kappa shape index (κ3) is 6.64. The summed E-state index contributed by atoms with van der Waals surface area (Å²) in [7, 11) is 0. The molecule has 0 aliphatic rings. The summed E-state index contributed by atoms with van der Waals surface area (Å²) in [6.45, 7) is 6.02. The van der Waals surface area contributed by atoms with Crippen LogP contribution in [0.2, 0.25) is 0 Å². The van der Waals surface area contributed by atoms with Crippen molar-refractivity contribution < 1.29 is 9.59 Å². The van der Waals surface area contributed by atoms with Gasteiger partial charge in [0.2, 0.25) is 5.91 Å². The number of anilines is 1. The summed E-state index contributed by atoms with van der Waals surface area (Å²) in [6, 6.07) is 15.1. The molecule has 2 aromatic rings. The van der Waals surface area contributed by atoms with Gasteiger partial charge in [-0.3, -0.25) is 4.79 Å². The molecule has 0 heterocycles. The first-order valence-electron chi connectivity index (χ1n) is 8.28. The van der Waals surface area contributed by atoms with Gasteiger partial charge in [-0.15, -0.1) is 18.3 Å². The number of rotatable bonds is 8. The van der Waals surface area contributed by atoms with Crippen molar-refractivity contribution in [2.24, 2.45) is 0 Å². The summed E-state index contributed by atoms with van der Waals surface area (Å²) in [5.74, 6) is 0.481. The van der Waals surface area contributed by atoms with Gasteiger partial charge in [-0.05, 0) is 24.6 Å². The van der Waals surface area contributed by atoms with E-state index in [9.17, 15) is 9.59 Å². The Labute approximate surface area is 158 Å². The van der Waals surface area contributed by atoms with Crippen LogP contribution in [-0.2, 0) is 11.3 Å². The zero-order valence-corrected chi connectivity index (χ0v) is 15.6. The highest BCUT2D eigenvalue weighted by Crippen LogP contribution is 2.26. The lowest BCUT2D eigenvalue weighted by molar-refractivity contribution is -0.115. The van der Waals surface area contributed by atoms with Crippen LogP contribution in [0.3, 0.4) is 0 Å². The molecular weight excluding hydrogens is 346 g/mol. The quantitative estimate of drug-likeness (QED) is 0.491. The smallest absolute Gasteiger partial charge is 0.315 e. The van der Waals surface area contributed by atoms with Crippen LogP contribution in [0.25, 0.3) is 0 Å². The van der Waals surface area contributed by atoms with Crippen molar-refractivity contribution >= 4 is 29.4 Å². The Morgan fingerprint density at radius 2 is 1.81 bits per heavy atom. The second kappa shape index (κ2) is 10.3. The minimum atomic E-state index is -0.380. The average molecular weight is 369 g/mol.